The Morgan fingerprint density at radius 3 is 2.30 bits per heavy atom. The standard InChI is InChI=1S/C35H41N3O6/c1-7-23-9-8-10-25(20-23)31(32(40)36-26-13-17-28(43-6)18-14-26)38(30-19-22(30)2)33(41)29(37-34(42)44-35(3,4)5)21-24-11-15-27(39)16-12-24/h7-18,20,22,29-31,39H,1,19,21H2,2-6H3,(H,36,40)(H,37,42). The molecule has 232 valence electrons. The third-order valence-electron chi connectivity index (χ3n) is 7.39. The molecule has 0 spiro atoms. The van der Waals surface area contributed by atoms with Crippen molar-refractivity contribution < 1.29 is 29.0 Å². The first kappa shape index (κ1) is 32.1. The molecule has 4 rings (SSSR count). The molecule has 4 unspecified atom stereocenters. The van der Waals surface area contributed by atoms with E-state index in [2.05, 4.69) is 17.2 Å². The van der Waals surface area contributed by atoms with Crippen molar-refractivity contribution in [1.29, 1.82) is 0 Å². The van der Waals surface area contributed by atoms with E-state index >= 15 is 0 Å². The summed E-state index contributed by atoms with van der Waals surface area (Å²) in [6.45, 7) is 11.1. The molecule has 9 heteroatoms. The van der Waals surface area contributed by atoms with Crippen molar-refractivity contribution in [3.63, 3.8) is 0 Å². The zero-order valence-corrected chi connectivity index (χ0v) is 25.9. The Morgan fingerprint density at radius 1 is 1.07 bits per heavy atom. The van der Waals surface area contributed by atoms with E-state index in [4.69, 9.17) is 9.47 Å². The van der Waals surface area contributed by atoms with Crippen LogP contribution in [0.15, 0.2) is 79.4 Å². The molecular weight excluding hydrogens is 558 g/mol. The van der Waals surface area contributed by atoms with Crippen molar-refractivity contribution in [3.8, 4) is 11.5 Å². The van der Waals surface area contributed by atoms with Crippen LogP contribution in [0, 0.1) is 5.92 Å². The molecule has 1 fully saturated rings. The molecule has 0 aromatic heterocycles. The second kappa shape index (κ2) is 13.7. The van der Waals surface area contributed by atoms with Gasteiger partial charge in [-0.25, -0.2) is 4.79 Å². The molecule has 0 bridgehead atoms. The fourth-order valence-corrected chi connectivity index (χ4v) is 5.05. The number of hydrogen-bond donors (Lipinski definition) is 3. The maximum atomic E-state index is 14.6. The van der Waals surface area contributed by atoms with Gasteiger partial charge in [-0.05, 0) is 92.3 Å². The summed E-state index contributed by atoms with van der Waals surface area (Å²) < 4.78 is 10.8. The van der Waals surface area contributed by atoms with Gasteiger partial charge in [-0.1, -0.05) is 49.9 Å². The maximum Gasteiger partial charge on any atom is 0.408 e. The molecule has 4 atom stereocenters. The minimum Gasteiger partial charge on any atom is -0.508 e. The van der Waals surface area contributed by atoms with Crippen LogP contribution in [0.4, 0.5) is 10.5 Å². The summed E-state index contributed by atoms with van der Waals surface area (Å²) in [5, 5.41) is 15.5. The minimum absolute atomic E-state index is 0.0857. The number of alkyl carbamates (subject to hydrolysis) is 1. The summed E-state index contributed by atoms with van der Waals surface area (Å²) >= 11 is 0. The predicted octanol–water partition coefficient (Wildman–Crippen LogP) is 6.10. The van der Waals surface area contributed by atoms with E-state index in [-0.39, 0.29) is 24.1 Å². The van der Waals surface area contributed by atoms with Crippen LogP contribution in [0.3, 0.4) is 0 Å². The fraction of sp³-hybridized carbons (Fsp3) is 0.343. The number of carbonyl (C=O) groups excluding carboxylic acids is 3. The molecular formula is C35H41N3O6. The molecule has 0 heterocycles. The number of hydrogen-bond acceptors (Lipinski definition) is 6. The quantitative estimate of drug-likeness (QED) is 0.245. The SMILES string of the molecule is C=Cc1cccc(C(C(=O)Nc2ccc(OC)cc2)N(C(=O)C(Cc2ccc(O)cc2)NC(=O)OC(C)(C)C)C2CC2C)c1. The number of phenolic OH excluding ortho intramolecular Hbond substituents is 1. The van der Waals surface area contributed by atoms with E-state index in [0.717, 1.165) is 5.56 Å². The van der Waals surface area contributed by atoms with Crippen LogP contribution in [0.25, 0.3) is 6.08 Å². The Bertz CT molecular complexity index is 1480. The molecule has 3 aromatic rings. The van der Waals surface area contributed by atoms with Gasteiger partial charge in [0, 0.05) is 18.2 Å². The summed E-state index contributed by atoms with van der Waals surface area (Å²) in [6, 6.07) is 18.4. The van der Waals surface area contributed by atoms with E-state index in [1.165, 1.54) is 12.1 Å². The number of amides is 3. The van der Waals surface area contributed by atoms with Crippen molar-refractivity contribution >= 4 is 29.7 Å². The van der Waals surface area contributed by atoms with Gasteiger partial charge < -0.3 is 30.1 Å². The number of ether oxygens (including phenoxy) is 2. The Morgan fingerprint density at radius 2 is 1.73 bits per heavy atom. The average molecular weight is 600 g/mol. The molecule has 1 aliphatic carbocycles. The third kappa shape index (κ3) is 8.40. The Hall–Kier alpha value is -4.79. The van der Waals surface area contributed by atoms with E-state index in [9.17, 15) is 19.5 Å². The van der Waals surface area contributed by atoms with Crippen molar-refractivity contribution in [2.45, 2.75) is 64.3 Å². The van der Waals surface area contributed by atoms with Crippen LogP contribution in [0.1, 0.15) is 56.8 Å². The van der Waals surface area contributed by atoms with Crippen LogP contribution < -0.4 is 15.4 Å². The number of nitrogens with one attached hydrogen (secondary N) is 2. The summed E-state index contributed by atoms with van der Waals surface area (Å²) in [4.78, 5) is 43.4. The second-order valence-electron chi connectivity index (χ2n) is 12.1. The van der Waals surface area contributed by atoms with Crippen molar-refractivity contribution in [2.24, 2.45) is 5.92 Å². The highest BCUT2D eigenvalue weighted by atomic mass is 16.6. The van der Waals surface area contributed by atoms with E-state index in [1.807, 2.05) is 31.2 Å². The lowest BCUT2D eigenvalue weighted by atomic mass is 9.98. The van der Waals surface area contributed by atoms with Crippen LogP contribution in [0.5, 0.6) is 11.5 Å². The smallest absolute Gasteiger partial charge is 0.408 e. The van der Waals surface area contributed by atoms with E-state index in [1.54, 1.807) is 75.3 Å². The molecule has 3 amide bonds. The largest absolute Gasteiger partial charge is 0.508 e. The number of aromatic hydroxyl groups is 1. The molecule has 3 aromatic carbocycles. The Kier molecular flexibility index (Phi) is 9.98. The Balaban J connectivity index is 1.76. The summed E-state index contributed by atoms with van der Waals surface area (Å²) in [6.07, 6.45) is 1.77. The minimum atomic E-state index is -1.05. The van der Waals surface area contributed by atoms with Crippen molar-refractivity contribution in [2.75, 3.05) is 12.4 Å². The van der Waals surface area contributed by atoms with Crippen LogP contribution in [0.2, 0.25) is 0 Å². The molecule has 0 aliphatic heterocycles. The lowest BCUT2D eigenvalue weighted by Crippen LogP contribution is -2.54. The molecule has 3 N–H and O–H groups in total. The van der Waals surface area contributed by atoms with Gasteiger partial charge in [0.2, 0.25) is 5.91 Å². The van der Waals surface area contributed by atoms with E-state index < -0.39 is 35.6 Å². The van der Waals surface area contributed by atoms with Crippen molar-refractivity contribution in [1.82, 2.24) is 10.2 Å². The van der Waals surface area contributed by atoms with Crippen LogP contribution in [-0.4, -0.2) is 52.7 Å². The first-order chi connectivity index (χ1) is 20.9. The highest BCUT2D eigenvalue weighted by molar-refractivity contribution is 5.99. The van der Waals surface area contributed by atoms with Gasteiger partial charge in [0.1, 0.15) is 29.2 Å². The van der Waals surface area contributed by atoms with E-state index in [0.29, 0.717) is 29.0 Å². The van der Waals surface area contributed by atoms with Crippen molar-refractivity contribution in [3.05, 3.63) is 96.1 Å². The van der Waals surface area contributed by atoms with Gasteiger partial charge in [-0.3, -0.25) is 9.59 Å². The third-order valence-corrected chi connectivity index (χ3v) is 7.39. The van der Waals surface area contributed by atoms with Crippen LogP contribution >= 0.6 is 0 Å². The number of phenols is 1. The topological polar surface area (TPSA) is 117 Å². The summed E-state index contributed by atoms with van der Waals surface area (Å²) in [5.74, 6) is 0.0602. The molecule has 1 aliphatic rings. The van der Waals surface area contributed by atoms with Crippen LogP contribution in [-0.2, 0) is 20.7 Å². The molecule has 9 nitrogen and oxygen atoms in total. The first-order valence-electron chi connectivity index (χ1n) is 14.7. The highest BCUT2D eigenvalue weighted by Crippen LogP contribution is 2.41. The second-order valence-corrected chi connectivity index (χ2v) is 12.1. The highest BCUT2D eigenvalue weighted by Gasteiger charge is 2.48. The zero-order valence-electron chi connectivity index (χ0n) is 25.9. The van der Waals surface area contributed by atoms with Gasteiger partial charge in [0.05, 0.1) is 7.11 Å². The monoisotopic (exact) mass is 599 g/mol. The Labute approximate surface area is 258 Å². The number of anilines is 1. The zero-order chi connectivity index (χ0) is 32.0. The number of rotatable bonds is 11. The normalized spacial score (nSPS) is 17.0. The lowest BCUT2D eigenvalue weighted by Gasteiger charge is -2.35. The van der Waals surface area contributed by atoms with Gasteiger partial charge in [0.15, 0.2) is 0 Å². The number of benzene rings is 3. The average Bonchev–Trinajstić information content (AvgIpc) is 3.71. The molecule has 0 saturated heterocycles. The van der Waals surface area contributed by atoms with Gasteiger partial charge in [-0.15, -0.1) is 0 Å². The maximum absolute atomic E-state index is 14.6. The summed E-state index contributed by atoms with van der Waals surface area (Å²) in [5.41, 5.74) is 1.89. The fourth-order valence-electron chi connectivity index (χ4n) is 5.05. The molecule has 1 saturated carbocycles. The number of carbonyl (C=O) groups is 3. The number of nitrogens with zero attached hydrogens (tertiary/aromatic N) is 1. The van der Waals surface area contributed by atoms with Gasteiger partial charge in [0.25, 0.3) is 5.91 Å². The molecule has 44 heavy (non-hydrogen) atoms. The first-order valence-corrected chi connectivity index (χ1v) is 14.7. The lowest BCUT2D eigenvalue weighted by molar-refractivity contribution is -0.141. The predicted molar refractivity (Wildman–Crippen MR) is 170 cm³/mol. The van der Waals surface area contributed by atoms with Gasteiger partial charge >= 0.3 is 6.09 Å². The molecule has 0 radical (unpaired) electrons. The summed E-state index contributed by atoms with van der Waals surface area (Å²) in [7, 11) is 1.57. The number of methoxy groups -OCH3 is 1. The van der Waals surface area contributed by atoms with Gasteiger partial charge in [-0.2, -0.15) is 0 Å².